The van der Waals surface area contributed by atoms with Gasteiger partial charge in [-0.3, -0.25) is 0 Å². The fourth-order valence-electron chi connectivity index (χ4n) is 2.50. The van der Waals surface area contributed by atoms with Crippen LogP contribution in [0.5, 0.6) is 5.75 Å². The normalized spacial score (nSPS) is 17.0. The summed E-state index contributed by atoms with van der Waals surface area (Å²) < 4.78 is 10.8. The third-order valence-electron chi connectivity index (χ3n) is 3.65. The molecule has 1 unspecified atom stereocenters. The molecule has 2 aromatic carbocycles. The maximum absolute atomic E-state index is 5.69. The van der Waals surface area contributed by atoms with Gasteiger partial charge in [-0.15, -0.1) is 0 Å². The van der Waals surface area contributed by atoms with Gasteiger partial charge in [0.1, 0.15) is 18.5 Å². The highest BCUT2D eigenvalue weighted by molar-refractivity contribution is 5.68. The van der Waals surface area contributed by atoms with Crippen molar-refractivity contribution in [2.45, 2.75) is 26.4 Å². The summed E-state index contributed by atoms with van der Waals surface area (Å²) in [5.41, 5.74) is 3.98. The molecule has 0 bridgehead atoms. The van der Waals surface area contributed by atoms with Crippen molar-refractivity contribution in [1.82, 2.24) is 0 Å². The van der Waals surface area contributed by atoms with Crippen molar-refractivity contribution in [2.75, 3.05) is 13.2 Å². The quantitative estimate of drug-likeness (QED) is 0.736. The number of ether oxygens (including phenoxy) is 2. The number of epoxide rings is 1. The Morgan fingerprint density at radius 3 is 2.48 bits per heavy atom. The molecule has 0 N–H and O–H groups in total. The lowest BCUT2D eigenvalue weighted by atomic mass is 9.94. The Balaban J connectivity index is 1.76. The lowest BCUT2D eigenvalue weighted by Gasteiger charge is -2.12. The maximum Gasteiger partial charge on any atom is 0.119 e. The summed E-state index contributed by atoms with van der Waals surface area (Å²) in [7, 11) is 0. The minimum Gasteiger partial charge on any atom is -0.491 e. The van der Waals surface area contributed by atoms with Crippen LogP contribution in [0.1, 0.15) is 19.4 Å². The van der Waals surface area contributed by atoms with Crippen molar-refractivity contribution in [2.24, 2.45) is 5.92 Å². The second-order valence-electron chi connectivity index (χ2n) is 6.05. The molecule has 0 aliphatic carbocycles. The third kappa shape index (κ3) is 3.85. The first-order valence-electron chi connectivity index (χ1n) is 7.65. The predicted molar refractivity (Wildman–Crippen MR) is 85.7 cm³/mol. The summed E-state index contributed by atoms with van der Waals surface area (Å²) >= 11 is 0. The van der Waals surface area contributed by atoms with Crippen LogP contribution in [0.2, 0.25) is 0 Å². The van der Waals surface area contributed by atoms with Crippen LogP contribution in [-0.2, 0) is 11.2 Å². The molecule has 1 aliphatic rings. The standard InChI is InChI=1S/C19H22O2/c1-14(2)11-16-5-3-4-6-19(16)15-7-9-17(10-8-15)20-12-18-13-21-18/h3-10,14,18H,11-13H2,1-2H3. The molecule has 0 radical (unpaired) electrons. The van der Waals surface area contributed by atoms with E-state index in [1.807, 2.05) is 12.1 Å². The largest absolute Gasteiger partial charge is 0.491 e. The monoisotopic (exact) mass is 282 g/mol. The highest BCUT2D eigenvalue weighted by Gasteiger charge is 2.22. The smallest absolute Gasteiger partial charge is 0.119 e. The van der Waals surface area contributed by atoms with Crippen LogP contribution in [0, 0.1) is 5.92 Å². The molecule has 1 aliphatic heterocycles. The van der Waals surface area contributed by atoms with Gasteiger partial charge in [0.2, 0.25) is 0 Å². The second kappa shape index (κ2) is 6.31. The summed E-state index contributed by atoms with van der Waals surface area (Å²) in [6.07, 6.45) is 1.41. The van der Waals surface area contributed by atoms with E-state index in [1.165, 1.54) is 16.7 Å². The molecule has 0 saturated carbocycles. The number of hydrogen-bond donors (Lipinski definition) is 0. The Hall–Kier alpha value is -1.80. The van der Waals surface area contributed by atoms with Gasteiger partial charge in [0.05, 0.1) is 6.61 Å². The molecule has 0 amide bonds. The first kappa shape index (κ1) is 14.2. The third-order valence-corrected chi connectivity index (χ3v) is 3.65. The minimum atomic E-state index is 0.302. The molecule has 1 heterocycles. The zero-order chi connectivity index (χ0) is 14.7. The molecule has 2 aromatic rings. The minimum absolute atomic E-state index is 0.302. The van der Waals surface area contributed by atoms with E-state index in [0.717, 1.165) is 18.8 Å². The average molecular weight is 282 g/mol. The molecule has 2 heteroatoms. The molecule has 110 valence electrons. The molecular weight excluding hydrogens is 260 g/mol. The van der Waals surface area contributed by atoms with Crippen LogP contribution in [0.3, 0.4) is 0 Å². The van der Waals surface area contributed by atoms with E-state index in [9.17, 15) is 0 Å². The van der Waals surface area contributed by atoms with Crippen molar-refractivity contribution in [3.63, 3.8) is 0 Å². The van der Waals surface area contributed by atoms with E-state index >= 15 is 0 Å². The summed E-state index contributed by atoms with van der Waals surface area (Å²) in [5, 5.41) is 0. The Bertz CT molecular complexity index is 583. The molecule has 1 saturated heterocycles. The first-order chi connectivity index (χ1) is 10.2. The van der Waals surface area contributed by atoms with E-state index < -0.39 is 0 Å². The molecule has 1 atom stereocenters. The van der Waals surface area contributed by atoms with Gasteiger partial charge in [-0.2, -0.15) is 0 Å². The van der Waals surface area contributed by atoms with Crippen LogP contribution in [0.25, 0.3) is 11.1 Å². The zero-order valence-electron chi connectivity index (χ0n) is 12.7. The van der Waals surface area contributed by atoms with Crippen molar-refractivity contribution in [1.29, 1.82) is 0 Å². The molecular formula is C19H22O2. The van der Waals surface area contributed by atoms with Crippen LogP contribution >= 0.6 is 0 Å². The van der Waals surface area contributed by atoms with Crippen LogP contribution in [0.15, 0.2) is 48.5 Å². The first-order valence-corrected chi connectivity index (χ1v) is 7.65. The van der Waals surface area contributed by atoms with Crippen molar-refractivity contribution in [3.05, 3.63) is 54.1 Å². The van der Waals surface area contributed by atoms with Crippen LogP contribution in [0.4, 0.5) is 0 Å². The molecule has 0 aromatic heterocycles. The fourth-order valence-corrected chi connectivity index (χ4v) is 2.50. The molecule has 0 spiro atoms. The lowest BCUT2D eigenvalue weighted by molar-refractivity contribution is 0.263. The number of rotatable bonds is 6. The van der Waals surface area contributed by atoms with Gasteiger partial charge >= 0.3 is 0 Å². The molecule has 21 heavy (non-hydrogen) atoms. The number of hydrogen-bond acceptors (Lipinski definition) is 2. The Kier molecular flexibility index (Phi) is 4.26. The Labute approximate surface area is 126 Å². The summed E-state index contributed by atoms with van der Waals surface area (Å²) in [6, 6.07) is 17.0. The SMILES string of the molecule is CC(C)Cc1ccccc1-c1ccc(OCC2CO2)cc1. The number of benzene rings is 2. The Morgan fingerprint density at radius 2 is 1.81 bits per heavy atom. The highest BCUT2D eigenvalue weighted by atomic mass is 16.6. The molecule has 1 fully saturated rings. The fraction of sp³-hybridized carbons (Fsp3) is 0.368. The second-order valence-corrected chi connectivity index (χ2v) is 6.05. The van der Waals surface area contributed by atoms with Gasteiger partial charge < -0.3 is 9.47 Å². The van der Waals surface area contributed by atoms with Gasteiger partial charge in [0, 0.05) is 0 Å². The van der Waals surface area contributed by atoms with E-state index in [4.69, 9.17) is 9.47 Å². The lowest BCUT2D eigenvalue weighted by Crippen LogP contribution is -2.03. The Morgan fingerprint density at radius 1 is 1.10 bits per heavy atom. The van der Waals surface area contributed by atoms with E-state index in [2.05, 4.69) is 50.2 Å². The highest BCUT2D eigenvalue weighted by Crippen LogP contribution is 2.27. The van der Waals surface area contributed by atoms with Gasteiger partial charge in [-0.1, -0.05) is 50.2 Å². The van der Waals surface area contributed by atoms with Crippen LogP contribution in [-0.4, -0.2) is 19.3 Å². The van der Waals surface area contributed by atoms with Crippen LogP contribution < -0.4 is 4.74 Å². The van der Waals surface area contributed by atoms with Gasteiger partial charge in [-0.05, 0) is 41.2 Å². The van der Waals surface area contributed by atoms with Gasteiger partial charge in [-0.25, -0.2) is 0 Å². The molecule has 3 rings (SSSR count). The van der Waals surface area contributed by atoms with Crippen molar-refractivity contribution < 1.29 is 9.47 Å². The van der Waals surface area contributed by atoms with Crippen molar-refractivity contribution >= 4 is 0 Å². The van der Waals surface area contributed by atoms with E-state index in [-0.39, 0.29) is 0 Å². The topological polar surface area (TPSA) is 21.8 Å². The van der Waals surface area contributed by atoms with E-state index in [0.29, 0.717) is 18.6 Å². The summed E-state index contributed by atoms with van der Waals surface area (Å²) in [4.78, 5) is 0. The van der Waals surface area contributed by atoms with Gasteiger partial charge in [0.15, 0.2) is 0 Å². The van der Waals surface area contributed by atoms with E-state index in [1.54, 1.807) is 0 Å². The maximum atomic E-state index is 5.69. The van der Waals surface area contributed by atoms with Gasteiger partial charge in [0.25, 0.3) is 0 Å². The van der Waals surface area contributed by atoms with Crippen molar-refractivity contribution in [3.8, 4) is 16.9 Å². The zero-order valence-corrected chi connectivity index (χ0v) is 12.7. The summed E-state index contributed by atoms with van der Waals surface area (Å²) in [5.74, 6) is 1.57. The summed E-state index contributed by atoms with van der Waals surface area (Å²) in [6.45, 7) is 6.01. The average Bonchev–Trinajstić information content (AvgIpc) is 3.30. The predicted octanol–water partition coefficient (Wildman–Crippen LogP) is 4.33. The molecule has 2 nitrogen and oxygen atoms in total.